The van der Waals surface area contributed by atoms with Crippen LogP contribution in [0.3, 0.4) is 0 Å². The zero-order valence-electron chi connectivity index (χ0n) is 17.2. The number of piperazine rings is 1. The van der Waals surface area contributed by atoms with Crippen LogP contribution in [-0.4, -0.2) is 49.7 Å². The Morgan fingerprint density at radius 1 is 1.03 bits per heavy atom. The lowest BCUT2D eigenvalue weighted by Crippen LogP contribution is -2.46. The Kier molecular flexibility index (Phi) is 5.33. The number of nitrogens with one attached hydrogen (secondary N) is 1. The van der Waals surface area contributed by atoms with Gasteiger partial charge in [-0.05, 0) is 47.1 Å². The maximum atomic E-state index is 12.8. The summed E-state index contributed by atoms with van der Waals surface area (Å²) in [6.07, 6.45) is 4.84. The summed E-state index contributed by atoms with van der Waals surface area (Å²) >= 11 is 0. The van der Waals surface area contributed by atoms with E-state index in [1.165, 1.54) is 4.31 Å². The molecule has 1 aliphatic heterocycles. The monoisotopic (exact) mass is 435 g/mol. The van der Waals surface area contributed by atoms with Crippen molar-refractivity contribution >= 4 is 26.6 Å². The molecular weight excluding hydrogens is 410 g/mol. The van der Waals surface area contributed by atoms with Gasteiger partial charge in [-0.2, -0.15) is 4.31 Å². The van der Waals surface area contributed by atoms with Crippen LogP contribution in [0.1, 0.15) is 23.5 Å². The van der Waals surface area contributed by atoms with Crippen molar-refractivity contribution in [2.24, 2.45) is 5.92 Å². The minimum Gasteiger partial charge on any atom is -0.314 e. The average Bonchev–Trinajstić information content (AvgIpc) is 3.61. The second kappa shape index (κ2) is 8.15. The van der Waals surface area contributed by atoms with Crippen molar-refractivity contribution in [3.05, 3.63) is 72.1 Å². The van der Waals surface area contributed by atoms with E-state index >= 15 is 0 Å². The van der Waals surface area contributed by atoms with Crippen molar-refractivity contribution in [1.82, 2.24) is 14.6 Å². The Morgan fingerprint density at radius 3 is 2.58 bits per heavy atom. The first-order chi connectivity index (χ1) is 15.0. The number of benzene rings is 2. The zero-order chi connectivity index (χ0) is 21.4. The van der Waals surface area contributed by atoms with E-state index in [9.17, 15) is 13.2 Å². The molecule has 5 rings (SSSR count). The number of sulfonamides is 1. The SMILES string of the molecule is O=C(Cc1ccc2cnccc2c1)[C@@H]1C[C@H]1c1ccc(S(=O)(=O)N2CCNCC2)cc1. The number of aromatic nitrogens is 1. The molecule has 2 aliphatic rings. The highest BCUT2D eigenvalue weighted by atomic mass is 32.2. The molecule has 1 aliphatic carbocycles. The van der Waals surface area contributed by atoms with Gasteiger partial charge in [0.15, 0.2) is 0 Å². The summed E-state index contributed by atoms with van der Waals surface area (Å²) in [4.78, 5) is 17.3. The van der Waals surface area contributed by atoms with Crippen LogP contribution in [0.4, 0.5) is 0 Å². The van der Waals surface area contributed by atoms with Crippen molar-refractivity contribution in [2.75, 3.05) is 26.2 Å². The predicted octanol–water partition coefficient (Wildman–Crippen LogP) is 2.74. The number of fused-ring (bicyclic) bond motifs is 1. The lowest BCUT2D eigenvalue weighted by atomic mass is 10.0. The third-order valence-electron chi connectivity index (χ3n) is 6.31. The molecule has 0 radical (unpaired) electrons. The standard InChI is InChI=1S/C24H25N3O3S/c28-24(14-17-1-2-20-16-26-8-7-19(20)13-17)23-15-22(23)18-3-5-21(6-4-18)31(29,30)27-11-9-25-10-12-27/h1-8,13,16,22-23,25H,9-12,14-15H2/t22-,23+/m0/s1. The number of rotatable bonds is 6. The van der Waals surface area contributed by atoms with Crippen molar-refractivity contribution in [3.8, 4) is 0 Å². The number of carbonyl (C=O) groups is 1. The molecule has 1 saturated carbocycles. The van der Waals surface area contributed by atoms with E-state index in [1.807, 2.05) is 36.5 Å². The predicted molar refractivity (Wildman–Crippen MR) is 119 cm³/mol. The summed E-state index contributed by atoms with van der Waals surface area (Å²) in [5, 5.41) is 5.33. The molecule has 31 heavy (non-hydrogen) atoms. The van der Waals surface area contributed by atoms with Crippen molar-refractivity contribution in [1.29, 1.82) is 0 Å². The number of nitrogens with zero attached hydrogens (tertiary/aromatic N) is 2. The highest BCUT2D eigenvalue weighted by Gasteiger charge is 2.43. The Bertz CT molecular complexity index is 1220. The third kappa shape index (κ3) is 4.13. The fourth-order valence-corrected chi connectivity index (χ4v) is 5.86. The highest BCUT2D eigenvalue weighted by Crippen LogP contribution is 2.48. The summed E-state index contributed by atoms with van der Waals surface area (Å²) in [6, 6.07) is 15.1. The van der Waals surface area contributed by atoms with Gasteiger partial charge < -0.3 is 5.32 Å². The quantitative estimate of drug-likeness (QED) is 0.644. The number of pyridine rings is 1. The van der Waals surface area contributed by atoms with Crippen LogP contribution >= 0.6 is 0 Å². The van der Waals surface area contributed by atoms with Gasteiger partial charge in [0.25, 0.3) is 0 Å². The Labute approximate surface area is 182 Å². The summed E-state index contributed by atoms with van der Waals surface area (Å²) < 4.78 is 27.1. The maximum absolute atomic E-state index is 12.8. The van der Waals surface area contributed by atoms with Crippen molar-refractivity contribution in [2.45, 2.75) is 23.7 Å². The molecule has 6 nitrogen and oxygen atoms in total. The van der Waals surface area contributed by atoms with Crippen LogP contribution < -0.4 is 5.32 Å². The molecule has 2 fully saturated rings. The first-order valence-electron chi connectivity index (χ1n) is 10.7. The largest absolute Gasteiger partial charge is 0.314 e. The minimum absolute atomic E-state index is 0.0174. The van der Waals surface area contributed by atoms with Crippen LogP contribution in [0, 0.1) is 5.92 Å². The lowest BCUT2D eigenvalue weighted by molar-refractivity contribution is -0.119. The second-order valence-corrected chi connectivity index (χ2v) is 10.3. The Hall–Kier alpha value is -2.61. The molecule has 2 heterocycles. The van der Waals surface area contributed by atoms with E-state index in [1.54, 1.807) is 18.3 Å². The van der Waals surface area contributed by atoms with Gasteiger partial charge in [-0.1, -0.05) is 30.3 Å². The minimum atomic E-state index is -3.45. The van der Waals surface area contributed by atoms with E-state index in [0.717, 1.165) is 28.3 Å². The van der Waals surface area contributed by atoms with Crippen molar-refractivity contribution in [3.63, 3.8) is 0 Å². The molecule has 7 heteroatoms. The summed E-state index contributed by atoms with van der Waals surface area (Å²) in [7, 11) is -3.45. The van der Waals surface area contributed by atoms with Crippen LogP contribution in [-0.2, 0) is 21.2 Å². The van der Waals surface area contributed by atoms with E-state index in [-0.39, 0.29) is 17.6 Å². The van der Waals surface area contributed by atoms with Gasteiger partial charge in [0.05, 0.1) is 4.90 Å². The molecule has 2 atom stereocenters. The summed E-state index contributed by atoms with van der Waals surface area (Å²) in [6.45, 7) is 2.34. The van der Waals surface area contributed by atoms with Crippen LogP contribution in [0.25, 0.3) is 10.8 Å². The van der Waals surface area contributed by atoms with E-state index in [0.29, 0.717) is 37.5 Å². The third-order valence-corrected chi connectivity index (χ3v) is 8.22. The van der Waals surface area contributed by atoms with Gasteiger partial charge in [0, 0.05) is 56.3 Å². The zero-order valence-corrected chi connectivity index (χ0v) is 18.0. The molecule has 1 aromatic heterocycles. The molecule has 0 amide bonds. The molecule has 0 spiro atoms. The number of carbonyl (C=O) groups excluding carboxylic acids is 1. The molecule has 2 aromatic carbocycles. The van der Waals surface area contributed by atoms with Gasteiger partial charge in [-0.15, -0.1) is 0 Å². The van der Waals surface area contributed by atoms with E-state index in [4.69, 9.17) is 0 Å². The Morgan fingerprint density at radius 2 is 1.81 bits per heavy atom. The van der Waals surface area contributed by atoms with Gasteiger partial charge in [0.1, 0.15) is 5.78 Å². The van der Waals surface area contributed by atoms with E-state index < -0.39 is 10.0 Å². The van der Waals surface area contributed by atoms with Crippen molar-refractivity contribution < 1.29 is 13.2 Å². The summed E-state index contributed by atoms with van der Waals surface area (Å²) in [5.74, 6) is 0.452. The average molecular weight is 436 g/mol. The number of hydrogen-bond donors (Lipinski definition) is 1. The molecule has 0 unspecified atom stereocenters. The fraction of sp³-hybridized carbons (Fsp3) is 0.333. The van der Waals surface area contributed by atoms with Crippen LogP contribution in [0.5, 0.6) is 0 Å². The number of hydrogen-bond acceptors (Lipinski definition) is 5. The molecule has 1 N–H and O–H groups in total. The van der Waals surface area contributed by atoms with Gasteiger partial charge >= 0.3 is 0 Å². The lowest BCUT2D eigenvalue weighted by Gasteiger charge is -2.26. The fourth-order valence-electron chi connectivity index (χ4n) is 4.42. The normalized spacial score (nSPS) is 21.8. The number of ketones is 1. The number of Topliss-reactive ketones (excluding diaryl/α,β-unsaturated/α-hetero) is 1. The topological polar surface area (TPSA) is 79.4 Å². The highest BCUT2D eigenvalue weighted by molar-refractivity contribution is 7.89. The summed E-state index contributed by atoms with van der Waals surface area (Å²) in [5.41, 5.74) is 2.06. The van der Waals surface area contributed by atoms with Crippen LogP contribution in [0.15, 0.2) is 65.8 Å². The smallest absolute Gasteiger partial charge is 0.243 e. The Balaban J connectivity index is 1.24. The first-order valence-corrected chi connectivity index (χ1v) is 12.1. The maximum Gasteiger partial charge on any atom is 0.243 e. The molecular formula is C24H25N3O3S. The first kappa shape index (κ1) is 20.3. The molecule has 160 valence electrons. The molecule has 3 aromatic rings. The van der Waals surface area contributed by atoms with Gasteiger partial charge in [0.2, 0.25) is 10.0 Å². The van der Waals surface area contributed by atoms with Gasteiger partial charge in [-0.25, -0.2) is 8.42 Å². The second-order valence-electron chi connectivity index (χ2n) is 8.37. The van der Waals surface area contributed by atoms with Gasteiger partial charge in [-0.3, -0.25) is 9.78 Å². The van der Waals surface area contributed by atoms with Crippen LogP contribution in [0.2, 0.25) is 0 Å². The molecule has 0 bridgehead atoms. The molecule has 1 saturated heterocycles. The van der Waals surface area contributed by atoms with E-state index in [2.05, 4.69) is 16.4 Å².